The Labute approximate surface area is 115 Å². The minimum atomic E-state index is -4.92. The van der Waals surface area contributed by atoms with Crippen LogP contribution < -0.4 is 11.2 Å². The number of ether oxygens (including phenoxy) is 1. The van der Waals surface area contributed by atoms with E-state index >= 15 is 0 Å². The summed E-state index contributed by atoms with van der Waals surface area (Å²) in [6, 6.07) is 0. The summed E-state index contributed by atoms with van der Waals surface area (Å²) in [7, 11) is 0.922. The van der Waals surface area contributed by atoms with E-state index in [1.165, 1.54) is 0 Å². The number of aromatic nitrogens is 2. The van der Waals surface area contributed by atoms with E-state index in [0.717, 1.165) is 7.05 Å². The molecule has 1 aromatic heterocycles. The molecular weight excluding hydrogens is 297 g/mol. The van der Waals surface area contributed by atoms with Gasteiger partial charge < -0.3 is 14.9 Å². The molecule has 2 N–H and O–H groups in total. The molecule has 1 aliphatic heterocycles. The molecule has 0 saturated carbocycles. The van der Waals surface area contributed by atoms with Gasteiger partial charge in [-0.05, 0) is 0 Å². The van der Waals surface area contributed by atoms with Gasteiger partial charge in [0, 0.05) is 19.7 Å². The van der Waals surface area contributed by atoms with Gasteiger partial charge in [-0.15, -0.1) is 0 Å². The lowest BCUT2D eigenvalue weighted by atomic mass is 10.2. The maximum absolute atomic E-state index is 12.8. The van der Waals surface area contributed by atoms with Crippen LogP contribution in [0.5, 0.6) is 0 Å². The molecule has 0 bridgehead atoms. The fourth-order valence-electron chi connectivity index (χ4n) is 2.14. The summed E-state index contributed by atoms with van der Waals surface area (Å²) in [6.45, 7) is -0.537. The second-order valence-corrected chi connectivity index (χ2v) is 4.71. The summed E-state index contributed by atoms with van der Waals surface area (Å²) in [4.78, 5) is 23.4. The summed E-state index contributed by atoms with van der Waals surface area (Å²) >= 11 is 0. The second kappa shape index (κ2) is 5.28. The average molecular weight is 310 g/mol. The van der Waals surface area contributed by atoms with Crippen molar-refractivity contribution in [3.05, 3.63) is 32.6 Å². The second-order valence-electron chi connectivity index (χ2n) is 4.71. The van der Waals surface area contributed by atoms with Crippen molar-refractivity contribution in [2.75, 3.05) is 6.61 Å². The minimum Gasteiger partial charge on any atom is -0.394 e. The number of rotatable bonds is 2. The summed E-state index contributed by atoms with van der Waals surface area (Å²) in [6.07, 6.45) is -8.00. The Kier molecular flexibility index (Phi) is 3.95. The van der Waals surface area contributed by atoms with Crippen LogP contribution in [0.4, 0.5) is 13.2 Å². The molecular formula is C11H13F3N2O5. The third-order valence-electron chi connectivity index (χ3n) is 3.31. The van der Waals surface area contributed by atoms with Crippen LogP contribution in [-0.4, -0.2) is 38.2 Å². The Morgan fingerprint density at radius 1 is 1.43 bits per heavy atom. The third kappa shape index (κ3) is 2.74. The average Bonchev–Trinajstić information content (AvgIpc) is 2.75. The van der Waals surface area contributed by atoms with E-state index in [-0.39, 0.29) is 6.42 Å². The number of nitrogens with zero attached hydrogens (tertiary/aromatic N) is 2. The van der Waals surface area contributed by atoms with Gasteiger partial charge in [0.15, 0.2) is 0 Å². The van der Waals surface area contributed by atoms with Crippen molar-refractivity contribution >= 4 is 0 Å². The van der Waals surface area contributed by atoms with Crippen molar-refractivity contribution in [1.29, 1.82) is 0 Å². The van der Waals surface area contributed by atoms with Crippen molar-refractivity contribution in [1.82, 2.24) is 9.13 Å². The number of hydrogen-bond acceptors (Lipinski definition) is 5. The van der Waals surface area contributed by atoms with Crippen molar-refractivity contribution in [3.63, 3.8) is 0 Å². The highest BCUT2D eigenvalue weighted by atomic mass is 19.4. The maximum atomic E-state index is 12.8. The van der Waals surface area contributed by atoms with E-state index in [4.69, 9.17) is 9.84 Å². The van der Waals surface area contributed by atoms with E-state index in [0.29, 0.717) is 15.3 Å². The quantitative estimate of drug-likeness (QED) is 0.746. The molecule has 0 spiro atoms. The lowest BCUT2D eigenvalue weighted by molar-refractivity contribution is -0.140. The maximum Gasteiger partial charge on any atom is 0.423 e. The zero-order valence-electron chi connectivity index (χ0n) is 10.9. The lowest BCUT2D eigenvalue weighted by Gasteiger charge is -2.17. The van der Waals surface area contributed by atoms with Crippen LogP contribution in [-0.2, 0) is 18.0 Å². The molecule has 0 aromatic carbocycles. The van der Waals surface area contributed by atoms with Crippen LogP contribution in [0.2, 0.25) is 0 Å². The molecule has 0 amide bonds. The van der Waals surface area contributed by atoms with Crippen molar-refractivity contribution in [3.8, 4) is 0 Å². The van der Waals surface area contributed by atoms with E-state index in [9.17, 15) is 27.9 Å². The van der Waals surface area contributed by atoms with Gasteiger partial charge in [-0.2, -0.15) is 13.2 Å². The van der Waals surface area contributed by atoms with Crippen LogP contribution >= 0.6 is 0 Å². The van der Waals surface area contributed by atoms with Gasteiger partial charge in [0.25, 0.3) is 5.56 Å². The molecule has 2 heterocycles. The first-order valence-corrected chi connectivity index (χ1v) is 6.00. The lowest BCUT2D eigenvalue weighted by Crippen LogP contribution is -2.42. The SMILES string of the molecule is Cn1c(=O)c(C(F)(F)F)cn([C@H]2C[C@@H](O)[C@@H](CO)O2)c1=O. The number of aliphatic hydroxyl groups is 2. The van der Waals surface area contributed by atoms with E-state index in [2.05, 4.69) is 0 Å². The standard InChI is InChI=1S/C11H13F3N2O5/c1-15-9(19)5(11(12,13)14)3-16(10(15)20)8-2-6(18)7(4-17)21-8/h3,6-8,17-18H,2,4H2,1H3/t6-,7-,8-/m1/s1. The molecule has 1 aromatic rings. The van der Waals surface area contributed by atoms with Gasteiger partial charge in [-0.3, -0.25) is 13.9 Å². The molecule has 7 nitrogen and oxygen atoms in total. The van der Waals surface area contributed by atoms with Crippen LogP contribution in [0.1, 0.15) is 18.2 Å². The van der Waals surface area contributed by atoms with Gasteiger partial charge in [0.05, 0.1) is 12.7 Å². The summed E-state index contributed by atoms with van der Waals surface area (Å²) in [5.74, 6) is 0. The van der Waals surface area contributed by atoms with Gasteiger partial charge in [-0.25, -0.2) is 4.79 Å². The number of alkyl halides is 3. The van der Waals surface area contributed by atoms with Crippen molar-refractivity contribution in [2.45, 2.75) is 31.0 Å². The van der Waals surface area contributed by atoms with Gasteiger partial charge >= 0.3 is 11.9 Å². The highest BCUT2D eigenvalue weighted by Crippen LogP contribution is 2.30. The molecule has 1 aliphatic rings. The van der Waals surface area contributed by atoms with E-state index < -0.39 is 48.0 Å². The molecule has 10 heteroatoms. The van der Waals surface area contributed by atoms with Crippen LogP contribution in [0.3, 0.4) is 0 Å². The smallest absolute Gasteiger partial charge is 0.394 e. The molecule has 0 aliphatic carbocycles. The Hall–Kier alpha value is -1.65. The monoisotopic (exact) mass is 310 g/mol. The molecule has 1 fully saturated rings. The van der Waals surface area contributed by atoms with Crippen molar-refractivity contribution < 1.29 is 28.1 Å². The molecule has 118 valence electrons. The van der Waals surface area contributed by atoms with Crippen LogP contribution in [0.15, 0.2) is 15.8 Å². The molecule has 2 rings (SSSR count). The minimum absolute atomic E-state index is 0.166. The highest BCUT2D eigenvalue weighted by Gasteiger charge is 2.39. The fraction of sp³-hybridized carbons (Fsp3) is 0.636. The Bertz CT molecular complexity index is 651. The van der Waals surface area contributed by atoms with Gasteiger partial charge in [0.1, 0.15) is 17.9 Å². The summed E-state index contributed by atoms with van der Waals surface area (Å²) in [5, 5.41) is 18.5. The van der Waals surface area contributed by atoms with E-state index in [1.807, 2.05) is 0 Å². The molecule has 3 atom stereocenters. The van der Waals surface area contributed by atoms with Gasteiger partial charge in [-0.1, -0.05) is 0 Å². The zero-order chi connectivity index (χ0) is 15.9. The summed E-state index contributed by atoms with van der Waals surface area (Å²) in [5.41, 5.74) is -3.96. The normalized spacial score (nSPS) is 26.3. The van der Waals surface area contributed by atoms with E-state index in [1.54, 1.807) is 0 Å². The number of halogens is 3. The third-order valence-corrected chi connectivity index (χ3v) is 3.31. The van der Waals surface area contributed by atoms with Crippen molar-refractivity contribution in [2.24, 2.45) is 7.05 Å². The number of hydrogen-bond donors (Lipinski definition) is 2. The van der Waals surface area contributed by atoms with Crippen LogP contribution in [0.25, 0.3) is 0 Å². The summed E-state index contributed by atoms with van der Waals surface area (Å²) < 4.78 is 44.4. The molecule has 1 saturated heterocycles. The molecule has 0 radical (unpaired) electrons. The predicted molar refractivity (Wildman–Crippen MR) is 62.6 cm³/mol. The van der Waals surface area contributed by atoms with Gasteiger partial charge in [0.2, 0.25) is 0 Å². The topological polar surface area (TPSA) is 93.7 Å². The Balaban J connectivity index is 2.53. The number of aliphatic hydroxyl groups excluding tert-OH is 2. The molecule has 0 unspecified atom stereocenters. The Morgan fingerprint density at radius 2 is 2.05 bits per heavy atom. The first-order valence-electron chi connectivity index (χ1n) is 6.00. The predicted octanol–water partition coefficient (Wildman–Crippen LogP) is -0.793. The van der Waals surface area contributed by atoms with Crippen LogP contribution in [0, 0.1) is 0 Å². The largest absolute Gasteiger partial charge is 0.423 e. The highest BCUT2D eigenvalue weighted by molar-refractivity contribution is 5.10. The first kappa shape index (κ1) is 15.7. The molecule has 21 heavy (non-hydrogen) atoms. The Morgan fingerprint density at radius 3 is 2.52 bits per heavy atom. The first-order chi connectivity index (χ1) is 9.66. The zero-order valence-corrected chi connectivity index (χ0v) is 10.9. The fourth-order valence-corrected chi connectivity index (χ4v) is 2.14.